The molecule has 0 spiro atoms. The van der Waals surface area contributed by atoms with E-state index in [1.807, 2.05) is 6.92 Å². The zero-order valence-corrected chi connectivity index (χ0v) is 14.0. The van der Waals surface area contributed by atoms with Crippen LogP contribution in [0.1, 0.15) is 30.6 Å². The number of carbonyl (C=O) groups excluding carboxylic acids is 1. The van der Waals surface area contributed by atoms with Crippen LogP contribution in [0.3, 0.4) is 0 Å². The highest BCUT2D eigenvalue weighted by Crippen LogP contribution is 2.28. The SMILES string of the molecule is CCC(C)(O)CNC(=O)c1cc(Cl)c(I)cc1OC. The van der Waals surface area contributed by atoms with E-state index < -0.39 is 5.60 Å². The first-order chi connectivity index (χ1) is 8.80. The summed E-state index contributed by atoms with van der Waals surface area (Å²) in [6, 6.07) is 3.27. The monoisotopic (exact) mass is 397 g/mol. The van der Waals surface area contributed by atoms with Gasteiger partial charge in [0.15, 0.2) is 0 Å². The van der Waals surface area contributed by atoms with Gasteiger partial charge in [-0.3, -0.25) is 4.79 Å². The van der Waals surface area contributed by atoms with Gasteiger partial charge in [-0.2, -0.15) is 0 Å². The van der Waals surface area contributed by atoms with E-state index in [1.165, 1.54) is 7.11 Å². The fourth-order valence-electron chi connectivity index (χ4n) is 1.37. The molecule has 19 heavy (non-hydrogen) atoms. The van der Waals surface area contributed by atoms with Crippen molar-refractivity contribution >= 4 is 40.1 Å². The standard InChI is InChI=1S/C13H17ClINO3/c1-4-13(2,18)7-16-12(17)8-5-9(14)10(15)6-11(8)19-3/h5-6,18H,4,7H2,1-3H3,(H,16,17). The van der Waals surface area contributed by atoms with Gasteiger partial charge in [-0.25, -0.2) is 0 Å². The molecule has 1 amide bonds. The molecule has 1 aromatic rings. The minimum Gasteiger partial charge on any atom is -0.496 e. The number of nitrogens with one attached hydrogen (secondary N) is 1. The normalized spacial score (nSPS) is 13.8. The minimum absolute atomic E-state index is 0.176. The zero-order valence-electron chi connectivity index (χ0n) is 11.1. The van der Waals surface area contributed by atoms with Gasteiger partial charge in [0.1, 0.15) is 5.75 Å². The number of halogens is 2. The summed E-state index contributed by atoms with van der Waals surface area (Å²) in [5, 5.41) is 13.0. The van der Waals surface area contributed by atoms with Crippen LogP contribution >= 0.6 is 34.2 Å². The Balaban J connectivity index is 2.91. The maximum absolute atomic E-state index is 12.1. The van der Waals surface area contributed by atoms with Crippen molar-refractivity contribution in [2.24, 2.45) is 0 Å². The number of hydrogen-bond acceptors (Lipinski definition) is 3. The lowest BCUT2D eigenvalue weighted by atomic mass is 10.0. The molecular weight excluding hydrogens is 381 g/mol. The van der Waals surface area contributed by atoms with E-state index in [0.717, 1.165) is 3.57 Å². The van der Waals surface area contributed by atoms with Crippen LogP contribution in [-0.4, -0.2) is 30.3 Å². The first kappa shape index (κ1) is 16.5. The average Bonchev–Trinajstić information content (AvgIpc) is 2.38. The lowest BCUT2D eigenvalue weighted by Gasteiger charge is -2.22. The molecule has 2 N–H and O–H groups in total. The van der Waals surface area contributed by atoms with E-state index in [-0.39, 0.29) is 12.5 Å². The van der Waals surface area contributed by atoms with Gasteiger partial charge >= 0.3 is 0 Å². The van der Waals surface area contributed by atoms with Gasteiger partial charge < -0.3 is 15.2 Å². The third kappa shape index (κ3) is 4.50. The molecule has 0 aliphatic carbocycles. The summed E-state index contributed by atoms with van der Waals surface area (Å²) in [5.41, 5.74) is -0.560. The van der Waals surface area contributed by atoms with Gasteiger partial charge in [0, 0.05) is 10.1 Å². The van der Waals surface area contributed by atoms with Crippen LogP contribution in [0.2, 0.25) is 5.02 Å². The molecule has 0 aromatic heterocycles. The molecule has 1 rings (SSSR count). The summed E-state index contributed by atoms with van der Waals surface area (Å²) in [7, 11) is 1.50. The third-order valence-electron chi connectivity index (χ3n) is 2.88. The van der Waals surface area contributed by atoms with Crippen LogP contribution in [0.4, 0.5) is 0 Å². The molecule has 0 fully saturated rings. The molecule has 1 atom stereocenters. The first-order valence-corrected chi connectivity index (χ1v) is 7.30. The Morgan fingerprint density at radius 3 is 2.74 bits per heavy atom. The van der Waals surface area contributed by atoms with Crippen molar-refractivity contribution in [2.75, 3.05) is 13.7 Å². The second-order valence-electron chi connectivity index (χ2n) is 4.50. The molecule has 0 saturated carbocycles. The molecule has 4 nitrogen and oxygen atoms in total. The number of rotatable bonds is 5. The number of aliphatic hydroxyl groups is 1. The van der Waals surface area contributed by atoms with Gasteiger partial charge in [-0.05, 0) is 48.1 Å². The number of hydrogen-bond donors (Lipinski definition) is 2. The second-order valence-corrected chi connectivity index (χ2v) is 6.07. The summed E-state index contributed by atoms with van der Waals surface area (Å²) < 4.78 is 5.99. The molecule has 6 heteroatoms. The molecule has 0 heterocycles. The van der Waals surface area contributed by atoms with E-state index in [4.69, 9.17) is 16.3 Å². The second kappa shape index (κ2) is 6.76. The van der Waals surface area contributed by atoms with Crippen molar-refractivity contribution in [3.63, 3.8) is 0 Å². The average molecular weight is 398 g/mol. The number of amides is 1. The highest BCUT2D eigenvalue weighted by Gasteiger charge is 2.21. The summed E-state index contributed by atoms with van der Waals surface area (Å²) in [6.45, 7) is 3.70. The van der Waals surface area contributed by atoms with Crippen LogP contribution in [0.15, 0.2) is 12.1 Å². The quantitative estimate of drug-likeness (QED) is 0.751. The number of carbonyl (C=O) groups is 1. The predicted octanol–water partition coefficient (Wildman–Crippen LogP) is 2.84. The maximum atomic E-state index is 12.1. The van der Waals surface area contributed by atoms with E-state index in [9.17, 15) is 9.90 Å². The highest BCUT2D eigenvalue weighted by molar-refractivity contribution is 14.1. The van der Waals surface area contributed by atoms with Crippen molar-refractivity contribution in [2.45, 2.75) is 25.9 Å². The molecule has 0 aliphatic rings. The molecule has 0 radical (unpaired) electrons. The lowest BCUT2D eigenvalue weighted by Crippen LogP contribution is -2.40. The fraction of sp³-hybridized carbons (Fsp3) is 0.462. The van der Waals surface area contributed by atoms with Gasteiger partial charge in [-0.1, -0.05) is 18.5 Å². The van der Waals surface area contributed by atoms with Crippen LogP contribution in [0, 0.1) is 3.57 Å². The molecule has 106 valence electrons. The number of ether oxygens (including phenoxy) is 1. The molecule has 1 unspecified atom stereocenters. The Labute approximate surface area is 131 Å². The Kier molecular flexibility index (Phi) is 5.88. The molecule has 0 saturated heterocycles. The van der Waals surface area contributed by atoms with Crippen LogP contribution in [0.25, 0.3) is 0 Å². The topological polar surface area (TPSA) is 58.6 Å². The van der Waals surface area contributed by atoms with Crippen molar-refractivity contribution in [3.05, 3.63) is 26.3 Å². The highest BCUT2D eigenvalue weighted by atomic mass is 127. The number of methoxy groups -OCH3 is 1. The molecule has 0 bridgehead atoms. The Bertz CT molecular complexity index is 477. The van der Waals surface area contributed by atoms with E-state index >= 15 is 0 Å². The first-order valence-electron chi connectivity index (χ1n) is 5.84. The van der Waals surface area contributed by atoms with Crippen molar-refractivity contribution < 1.29 is 14.6 Å². The minimum atomic E-state index is -0.921. The van der Waals surface area contributed by atoms with Crippen molar-refractivity contribution in [1.82, 2.24) is 5.32 Å². The van der Waals surface area contributed by atoms with Crippen molar-refractivity contribution in [3.8, 4) is 5.75 Å². The predicted molar refractivity (Wildman–Crippen MR) is 84.0 cm³/mol. The third-order valence-corrected chi connectivity index (χ3v) is 4.40. The molecule has 1 aromatic carbocycles. The van der Waals surface area contributed by atoms with E-state index in [2.05, 4.69) is 27.9 Å². The summed E-state index contributed by atoms with van der Waals surface area (Å²) in [6.07, 6.45) is 0.553. The van der Waals surface area contributed by atoms with E-state index in [0.29, 0.717) is 22.8 Å². The summed E-state index contributed by atoms with van der Waals surface area (Å²) >= 11 is 8.08. The Morgan fingerprint density at radius 2 is 2.21 bits per heavy atom. The Morgan fingerprint density at radius 1 is 1.58 bits per heavy atom. The number of benzene rings is 1. The van der Waals surface area contributed by atoms with Gasteiger partial charge in [0.25, 0.3) is 5.91 Å². The Hall–Kier alpha value is -0.530. The zero-order chi connectivity index (χ0) is 14.6. The smallest absolute Gasteiger partial charge is 0.255 e. The summed E-state index contributed by atoms with van der Waals surface area (Å²) in [4.78, 5) is 12.1. The molecule has 0 aliphatic heterocycles. The maximum Gasteiger partial charge on any atom is 0.255 e. The van der Waals surface area contributed by atoms with Crippen LogP contribution in [-0.2, 0) is 0 Å². The van der Waals surface area contributed by atoms with Crippen molar-refractivity contribution in [1.29, 1.82) is 0 Å². The van der Waals surface area contributed by atoms with Gasteiger partial charge in [0.05, 0.1) is 23.3 Å². The summed E-state index contributed by atoms with van der Waals surface area (Å²) in [5.74, 6) is 0.145. The van der Waals surface area contributed by atoms with Gasteiger partial charge in [0.2, 0.25) is 0 Å². The van der Waals surface area contributed by atoms with Crippen LogP contribution < -0.4 is 10.1 Å². The molecular formula is C13H17ClINO3. The van der Waals surface area contributed by atoms with Gasteiger partial charge in [-0.15, -0.1) is 0 Å². The van der Waals surface area contributed by atoms with Crippen LogP contribution in [0.5, 0.6) is 5.75 Å². The fourth-order valence-corrected chi connectivity index (χ4v) is 1.97. The largest absolute Gasteiger partial charge is 0.496 e. The van der Waals surface area contributed by atoms with E-state index in [1.54, 1.807) is 19.1 Å². The lowest BCUT2D eigenvalue weighted by molar-refractivity contribution is 0.0517.